The van der Waals surface area contributed by atoms with Crippen LogP contribution in [0.3, 0.4) is 0 Å². The van der Waals surface area contributed by atoms with Crippen molar-refractivity contribution in [3.8, 4) is 39.1 Å². The van der Waals surface area contributed by atoms with E-state index in [4.69, 9.17) is 0 Å². The smallest absolute Gasteiger partial charge is 0.0541 e. The first-order valence-electron chi connectivity index (χ1n) is 18.5. The highest BCUT2D eigenvalue weighted by molar-refractivity contribution is 6.10. The van der Waals surface area contributed by atoms with Gasteiger partial charge < -0.3 is 9.47 Å². The molecule has 1 heterocycles. The standard InChI is InChI=1S/C52H36N2/c1-3-16-37(17-4-1)38-30-32-42(33-31-38)53(50-27-12-9-24-46(50)39-18-5-2-6-19-39)43-22-15-21-41(34-43)49-36-44(35-40-20-7-8-23-45(40)49)54-51-28-13-10-25-47(51)48-26-11-14-29-52(48)54/h1-36H. The van der Waals surface area contributed by atoms with Gasteiger partial charge in [0.15, 0.2) is 0 Å². The van der Waals surface area contributed by atoms with E-state index in [-0.39, 0.29) is 0 Å². The van der Waals surface area contributed by atoms with Crippen molar-refractivity contribution in [3.05, 3.63) is 218 Å². The number of fused-ring (bicyclic) bond motifs is 4. The van der Waals surface area contributed by atoms with Crippen molar-refractivity contribution in [1.82, 2.24) is 4.57 Å². The van der Waals surface area contributed by atoms with Gasteiger partial charge in [0.2, 0.25) is 0 Å². The summed E-state index contributed by atoms with van der Waals surface area (Å²) in [6.45, 7) is 0. The molecule has 0 N–H and O–H groups in total. The lowest BCUT2D eigenvalue weighted by atomic mass is 9.96. The molecule has 10 rings (SSSR count). The first kappa shape index (κ1) is 31.6. The number of nitrogens with zero attached hydrogens (tertiary/aromatic N) is 2. The van der Waals surface area contributed by atoms with Crippen LogP contribution < -0.4 is 4.90 Å². The summed E-state index contributed by atoms with van der Waals surface area (Å²) in [4.78, 5) is 2.40. The summed E-state index contributed by atoms with van der Waals surface area (Å²) in [6, 6.07) is 78.9. The minimum absolute atomic E-state index is 1.09. The molecule has 0 spiro atoms. The van der Waals surface area contributed by atoms with E-state index in [1.54, 1.807) is 0 Å². The molecule has 0 atom stereocenters. The quantitative estimate of drug-likeness (QED) is 0.162. The maximum atomic E-state index is 2.42. The molecule has 254 valence electrons. The molecule has 0 aliphatic rings. The van der Waals surface area contributed by atoms with Crippen LogP contribution in [0.15, 0.2) is 218 Å². The summed E-state index contributed by atoms with van der Waals surface area (Å²) in [5.74, 6) is 0. The second-order valence-electron chi connectivity index (χ2n) is 13.8. The van der Waals surface area contributed by atoms with Crippen LogP contribution in [0.1, 0.15) is 0 Å². The molecule has 0 saturated heterocycles. The van der Waals surface area contributed by atoms with Gasteiger partial charge in [-0.25, -0.2) is 0 Å². The summed E-state index contributed by atoms with van der Waals surface area (Å²) in [5.41, 5.74) is 14.0. The Balaban J connectivity index is 1.17. The lowest BCUT2D eigenvalue weighted by Crippen LogP contribution is -2.11. The molecular weight excluding hydrogens is 653 g/mol. The van der Waals surface area contributed by atoms with Crippen LogP contribution in [0.5, 0.6) is 0 Å². The Kier molecular flexibility index (Phi) is 7.85. The van der Waals surface area contributed by atoms with Gasteiger partial charge in [-0.15, -0.1) is 0 Å². The fraction of sp³-hybridized carbons (Fsp3) is 0. The van der Waals surface area contributed by atoms with Gasteiger partial charge in [0.05, 0.1) is 16.7 Å². The Bertz CT molecular complexity index is 2870. The normalized spacial score (nSPS) is 11.3. The van der Waals surface area contributed by atoms with Gasteiger partial charge in [0, 0.05) is 33.4 Å². The summed E-state index contributed by atoms with van der Waals surface area (Å²) >= 11 is 0. The van der Waals surface area contributed by atoms with Crippen molar-refractivity contribution in [2.45, 2.75) is 0 Å². The van der Waals surface area contributed by atoms with Gasteiger partial charge in [-0.2, -0.15) is 0 Å². The summed E-state index contributed by atoms with van der Waals surface area (Å²) in [5, 5.41) is 4.95. The molecule has 2 heteroatoms. The average Bonchev–Trinajstić information content (AvgIpc) is 3.59. The summed E-state index contributed by atoms with van der Waals surface area (Å²) in [7, 11) is 0. The molecule has 0 aliphatic heterocycles. The third-order valence-electron chi connectivity index (χ3n) is 10.6. The Hall–Kier alpha value is -7.16. The third kappa shape index (κ3) is 5.53. The summed E-state index contributed by atoms with van der Waals surface area (Å²) in [6.07, 6.45) is 0. The van der Waals surface area contributed by atoms with Crippen molar-refractivity contribution in [3.63, 3.8) is 0 Å². The van der Waals surface area contributed by atoms with Crippen LogP contribution in [0, 0.1) is 0 Å². The molecule has 2 nitrogen and oxygen atoms in total. The maximum Gasteiger partial charge on any atom is 0.0541 e. The van der Waals surface area contributed by atoms with Gasteiger partial charge >= 0.3 is 0 Å². The topological polar surface area (TPSA) is 8.17 Å². The minimum Gasteiger partial charge on any atom is -0.310 e. The highest BCUT2D eigenvalue weighted by Gasteiger charge is 2.19. The van der Waals surface area contributed by atoms with Crippen LogP contribution in [-0.2, 0) is 0 Å². The second kappa shape index (κ2) is 13.4. The van der Waals surface area contributed by atoms with E-state index in [2.05, 4.69) is 228 Å². The van der Waals surface area contributed by atoms with E-state index < -0.39 is 0 Å². The Morgan fingerprint density at radius 2 is 0.870 bits per heavy atom. The molecular formula is C52H36N2. The number of hydrogen-bond acceptors (Lipinski definition) is 1. The predicted octanol–water partition coefficient (Wildman–Crippen LogP) is 14.4. The van der Waals surface area contributed by atoms with Crippen LogP contribution >= 0.6 is 0 Å². The molecule has 0 radical (unpaired) electrons. The first-order valence-corrected chi connectivity index (χ1v) is 18.5. The van der Waals surface area contributed by atoms with E-state index >= 15 is 0 Å². The zero-order valence-corrected chi connectivity index (χ0v) is 29.7. The van der Waals surface area contributed by atoms with Crippen molar-refractivity contribution >= 4 is 49.6 Å². The minimum atomic E-state index is 1.09. The Morgan fingerprint density at radius 1 is 0.315 bits per heavy atom. The molecule has 0 bridgehead atoms. The summed E-state index contributed by atoms with van der Waals surface area (Å²) < 4.78 is 2.42. The van der Waals surface area contributed by atoms with Gasteiger partial charge in [0.25, 0.3) is 0 Å². The number of anilines is 3. The fourth-order valence-corrected chi connectivity index (χ4v) is 8.07. The van der Waals surface area contributed by atoms with Crippen LogP contribution in [0.4, 0.5) is 17.1 Å². The van der Waals surface area contributed by atoms with Gasteiger partial charge in [-0.1, -0.05) is 164 Å². The highest BCUT2D eigenvalue weighted by atomic mass is 15.1. The van der Waals surface area contributed by atoms with E-state index in [9.17, 15) is 0 Å². The number of hydrogen-bond donors (Lipinski definition) is 0. The fourth-order valence-electron chi connectivity index (χ4n) is 8.07. The molecule has 0 fully saturated rings. The lowest BCUT2D eigenvalue weighted by Gasteiger charge is -2.28. The maximum absolute atomic E-state index is 2.42. The van der Waals surface area contributed by atoms with Crippen LogP contribution in [0.25, 0.3) is 71.6 Å². The number of aromatic nitrogens is 1. The molecule has 1 aromatic heterocycles. The van der Waals surface area contributed by atoms with E-state index in [0.29, 0.717) is 0 Å². The average molecular weight is 689 g/mol. The zero-order valence-electron chi connectivity index (χ0n) is 29.7. The molecule has 0 unspecified atom stereocenters. The molecule has 0 aliphatic carbocycles. The van der Waals surface area contributed by atoms with E-state index in [0.717, 1.165) is 28.3 Å². The van der Waals surface area contributed by atoms with Crippen molar-refractivity contribution in [1.29, 1.82) is 0 Å². The Morgan fingerprint density at radius 3 is 1.59 bits per heavy atom. The van der Waals surface area contributed by atoms with Crippen molar-refractivity contribution in [2.75, 3.05) is 4.90 Å². The number of rotatable bonds is 7. The van der Waals surface area contributed by atoms with Gasteiger partial charge in [0.1, 0.15) is 0 Å². The third-order valence-corrected chi connectivity index (χ3v) is 10.6. The number of benzene rings is 9. The monoisotopic (exact) mass is 688 g/mol. The predicted molar refractivity (Wildman–Crippen MR) is 229 cm³/mol. The molecule has 9 aromatic carbocycles. The van der Waals surface area contributed by atoms with Crippen LogP contribution in [-0.4, -0.2) is 4.57 Å². The second-order valence-corrected chi connectivity index (χ2v) is 13.8. The van der Waals surface area contributed by atoms with Gasteiger partial charge in [-0.05, 0) is 93.2 Å². The highest BCUT2D eigenvalue weighted by Crippen LogP contribution is 2.43. The number of para-hydroxylation sites is 3. The molecule has 0 saturated carbocycles. The molecule has 0 amide bonds. The Labute approximate surface area is 315 Å². The van der Waals surface area contributed by atoms with Crippen molar-refractivity contribution < 1.29 is 0 Å². The lowest BCUT2D eigenvalue weighted by molar-refractivity contribution is 1.19. The van der Waals surface area contributed by atoms with Gasteiger partial charge in [-0.3, -0.25) is 0 Å². The molecule has 10 aromatic rings. The van der Waals surface area contributed by atoms with Crippen LogP contribution in [0.2, 0.25) is 0 Å². The van der Waals surface area contributed by atoms with Crippen molar-refractivity contribution in [2.24, 2.45) is 0 Å². The SMILES string of the molecule is c1ccc(-c2ccc(N(c3cccc(-c4cc(-n5c6ccccc6c6ccccc65)cc5ccccc45)c3)c3ccccc3-c3ccccc3)cc2)cc1. The largest absolute Gasteiger partial charge is 0.310 e. The molecule has 54 heavy (non-hydrogen) atoms. The van der Waals surface area contributed by atoms with E-state index in [1.807, 2.05) is 0 Å². The first-order chi connectivity index (χ1) is 26.8. The zero-order chi connectivity index (χ0) is 35.8. The van der Waals surface area contributed by atoms with E-state index in [1.165, 1.54) is 60.4 Å².